The Kier molecular flexibility index (Phi) is 4.99. The fraction of sp³-hybridized carbons (Fsp3) is 0. The van der Waals surface area contributed by atoms with E-state index in [1.54, 1.807) is 0 Å². The Labute approximate surface area is 173 Å². The molecule has 1 aromatic carbocycles. The highest BCUT2D eigenvalue weighted by molar-refractivity contribution is 7.18. The molecule has 4 aromatic rings. The number of halogens is 3. The van der Waals surface area contributed by atoms with Gasteiger partial charge in [-0.05, 0) is 17.5 Å². The van der Waals surface area contributed by atoms with Crippen LogP contribution < -0.4 is 5.56 Å². The van der Waals surface area contributed by atoms with E-state index in [1.807, 2.05) is 22.9 Å². The largest absolute Gasteiger partial charge is 0.305 e. The molecule has 0 aliphatic rings. The molecule has 11 heteroatoms. The Bertz CT molecular complexity index is 1350. The van der Waals surface area contributed by atoms with Gasteiger partial charge in [-0.25, -0.2) is 9.37 Å². The number of hydrogen-bond acceptors (Lipinski definition) is 6. The SMILES string of the molecule is O=c1[nH]c(/C(Cl)=C\c2cc([N+](=O)[O-])c(F)cc2F)nc2scc(-c3cccs3)c12. The first-order valence-corrected chi connectivity index (χ1v) is 10.1. The number of benzene rings is 1. The van der Waals surface area contributed by atoms with E-state index < -0.39 is 27.8 Å². The van der Waals surface area contributed by atoms with Gasteiger partial charge < -0.3 is 4.98 Å². The van der Waals surface area contributed by atoms with Gasteiger partial charge in [0, 0.05) is 33.5 Å². The lowest BCUT2D eigenvalue weighted by Gasteiger charge is -2.03. The summed E-state index contributed by atoms with van der Waals surface area (Å²) in [4.78, 5) is 30.7. The van der Waals surface area contributed by atoms with E-state index in [1.165, 1.54) is 22.7 Å². The number of nitrogens with zero attached hydrogens (tertiary/aromatic N) is 2. The summed E-state index contributed by atoms with van der Waals surface area (Å²) >= 11 is 8.90. The monoisotopic (exact) mass is 451 g/mol. The molecule has 0 amide bonds. The Morgan fingerprint density at radius 1 is 1.28 bits per heavy atom. The molecule has 3 aromatic heterocycles. The van der Waals surface area contributed by atoms with Crippen LogP contribution in [0.4, 0.5) is 14.5 Å². The Morgan fingerprint density at radius 2 is 2.07 bits per heavy atom. The highest BCUT2D eigenvalue weighted by atomic mass is 35.5. The minimum atomic E-state index is -1.30. The highest BCUT2D eigenvalue weighted by Crippen LogP contribution is 2.34. The van der Waals surface area contributed by atoms with Crippen LogP contribution in [0, 0.1) is 21.7 Å². The quantitative estimate of drug-likeness (QED) is 0.321. The van der Waals surface area contributed by atoms with E-state index in [0.29, 0.717) is 16.3 Å². The summed E-state index contributed by atoms with van der Waals surface area (Å²) in [7, 11) is 0. The second kappa shape index (κ2) is 7.47. The molecule has 1 N–H and O–H groups in total. The summed E-state index contributed by atoms with van der Waals surface area (Å²) < 4.78 is 27.5. The Balaban J connectivity index is 1.80. The summed E-state index contributed by atoms with van der Waals surface area (Å²) in [6.45, 7) is 0. The lowest BCUT2D eigenvalue weighted by Crippen LogP contribution is -2.10. The van der Waals surface area contributed by atoms with Gasteiger partial charge in [-0.1, -0.05) is 17.7 Å². The number of H-pyrrole nitrogens is 1. The van der Waals surface area contributed by atoms with E-state index in [-0.39, 0.29) is 16.4 Å². The van der Waals surface area contributed by atoms with Crippen molar-refractivity contribution < 1.29 is 13.7 Å². The van der Waals surface area contributed by atoms with Crippen LogP contribution in [0.15, 0.2) is 39.8 Å². The minimum absolute atomic E-state index is 0.0323. The molecule has 0 saturated heterocycles. The number of thiophene rings is 2. The molecule has 0 radical (unpaired) electrons. The van der Waals surface area contributed by atoms with Crippen LogP contribution in [-0.4, -0.2) is 14.9 Å². The normalized spacial score (nSPS) is 11.9. The zero-order valence-electron chi connectivity index (χ0n) is 14.1. The van der Waals surface area contributed by atoms with Crippen molar-refractivity contribution in [2.45, 2.75) is 0 Å². The Hall–Kier alpha value is -2.95. The molecular weight excluding hydrogens is 444 g/mol. The fourth-order valence-electron chi connectivity index (χ4n) is 2.68. The highest BCUT2D eigenvalue weighted by Gasteiger charge is 2.19. The molecule has 0 unspecified atom stereocenters. The number of nitrogens with one attached hydrogen (secondary N) is 1. The molecule has 29 heavy (non-hydrogen) atoms. The third-order valence-corrected chi connectivity index (χ3v) is 6.07. The molecule has 3 heterocycles. The van der Waals surface area contributed by atoms with Crippen LogP contribution in [0.25, 0.3) is 31.8 Å². The maximum atomic E-state index is 14.0. The summed E-state index contributed by atoms with van der Waals surface area (Å²) in [6, 6.07) is 4.88. The molecule has 0 bridgehead atoms. The predicted molar refractivity (Wildman–Crippen MR) is 110 cm³/mol. The van der Waals surface area contributed by atoms with Crippen molar-refractivity contribution in [1.82, 2.24) is 9.97 Å². The van der Waals surface area contributed by atoms with Crippen LogP contribution in [-0.2, 0) is 0 Å². The van der Waals surface area contributed by atoms with Gasteiger partial charge in [0.2, 0.25) is 5.82 Å². The number of rotatable bonds is 4. The minimum Gasteiger partial charge on any atom is -0.305 e. The topological polar surface area (TPSA) is 88.9 Å². The smallest absolute Gasteiger partial charge is 0.305 e. The van der Waals surface area contributed by atoms with Crippen LogP contribution in [0.1, 0.15) is 11.4 Å². The average Bonchev–Trinajstić information content (AvgIpc) is 3.32. The van der Waals surface area contributed by atoms with Crippen molar-refractivity contribution in [2.75, 3.05) is 0 Å². The molecule has 146 valence electrons. The van der Waals surface area contributed by atoms with Crippen LogP contribution in [0.5, 0.6) is 0 Å². The molecule has 0 aliphatic carbocycles. The van der Waals surface area contributed by atoms with Gasteiger partial charge in [0.05, 0.1) is 15.3 Å². The van der Waals surface area contributed by atoms with Gasteiger partial charge in [-0.3, -0.25) is 14.9 Å². The summed E-state index contributed by atoms with van der Waals surface area (Å²) in [5, 5.41) is 14.8. The molecular formula is C18H8ClF2N3O3S2. The first-order valence-electron chi connectivity index (χ1n) is 7.91. The van der Waals surface area contributed by atoms with Crippen molar-refractivity contribution >= 4 is 61.3 Å². The molecule has 6 nitrogen and oxygen atoms in total. The van der Waals surface area contributed by atoms with E-state index >= 15 is 0 Å². The second-order valence-electron chi connectivity index (χ2n) is 5.80. The average molecular weight is 452 g/mol. The second-order valence-corrected chi connectivity index (χ2v) is 8.01. The number of hydrogen-bond donors (Lipinski definition) is 1. The third-order valence-electron chi connectivity index (χ3n) is 4.00. The lowest BCUT2D eigenvalue weighted by molar-refractivity contribution is -0.387. The zero-order chi connectivity index (χ0) is 20.7. The number of nitro groups is 1. The van der Waals surface area contributed by atoms with Gasteiger partial charge >= 0.3 is 5.69 Å². The van der Waals surface area contributed by atoms with Gasteiger partial charge in [0.1, 0.15) is 10.6 Å². The van der Waals surface area contributed by atoms with Gasteiger partial charge in [-0.15, -0.1) is 22.7 Å². The van der Waals surface area contributed by atoms with Crippen LogP contribution >= 0.6 is 34.3 Å². The maximum Gasteiger partial charge on any atom is 0.305 e. The van der Waals surface area contributed by atoms with E-state index in [4.69, 9.17) is 11.6 Å². The molecule has 4 rings (SSSR count). The van der Waals surface area contributed by atoms with Crippen molar-refractivity contribution in [3.63, 3.8) is 0 Å². The first-order chi connectivity index (χ1) is 13.8. The van der Waals surface area contributed by atoms with Crippen molar-refractivity contribution in [1.29, 1.82) is 0 Å². The van der Waals surface area contributed by atoms with Crippen molar-refractivity contribution in [3.8, 4) is 10.4 Å². The number of aromatic nitrogens is 2. The molecule has 0 saturated carbocycles. The molecule has 0 spiro atoms. The zero-order valence-corrected chi connectivity index (χ0v) is 16.5. The van der Waals surface area contributed by atoms with E-state index in [2.05, 4.69) is 9.97 Å². The van der Waals surface area contributed by atoms with Crippen LogP contribution in [0.3, 0.4) is 0 Å². The molecule has 0 fully saturated rings. The predicted octanol–water partition coefficient (Wildman–Crippen LogP) is 5.64. The maximum absolute atomic E-state index is 14.0. The summed E-state index contributed by atoms with van der Waals surface area (Å²) in [5.74, 6) is -2.37. The standard InChI is InChI=1S/C18H8ClF2N3O3S2/c19-10(4-8-5-13(24(26)27)12(21)6-11(8)20)16-22-17(25)15-9(7-29-18(15)23-16)14-2-1-3-28-14/h1-7H,(H,22,23,25)/b10-4+. The Morgan fingerprint density at radius 3 is 2.76 bits per heavy atom. The molecule has 0 atom stereocenters. The van der Waals surface area contributed by atoms with Crippen LogP contribution in [0.2, 0.25) is 0 Å². The van der Waals surface area contributed by atoms with E-state index in [0.717, 1.165) is 22.6 Å². The number of fused-ring (bicyclic) bond motifs is 1. The first kappa shape index (κ1) is 19.4. The fourth-order valence-corrected chi connectivity index (χ4v) is 4.65. The van der Waals surface area contributed by atoms with Crippen molar-refractivity contribution in [3.05, 3.63) is 78.5 Å². The van der Waals surface area contributed by atoms with Gasteiger partial charge in [0.15, 0.2) is 5.82 Å². The van der Waals surface area contributed by atoms with Crippen molar-refractivity contribution in [2.24, 2.45) is 0 Å². The number of nitro benzene ring substituents is 1. The van der Waals surface area contributed by atoms with E-state index in [9.17, 15) is 23.7 Å². The van der Waals surface area contributed by atoms with Gasteiger partial charge in [0.25, 0.3) is 5.56 Å². The lowest BCUT2D eigenvalue weighted by atomic mass is 10.1. The van der Waals surface area contributed by atoms with Gasteiger partial charge in [-0.2, -0.15) is 4.39 Å². The summed E-state index contributed by atoms with van der Waals surface area (Å²) in [6.07, 6.45) is 1.04. The molecule has 0 aliphatic heterocycles. The third kappa shape index (κ3) is 3.57. The number of aromatic amines is 1. The summed E-state index contributed by atoms with van der Waals surface area (Å²) in [5.41, 5.74) is -0.874.